The van der Waals surface area contributed by atoms with Crippen LogP contribution >= 0.6 is 0 Å². The highest BCUT2D eigenvalue weighted by Gasteiger charge is 2.06. The summed E-state index contributed by atoms with van der Waals surface area (Å²) in [4.78, 5) is 11.8. The van der Waals surface area contributed by atoms with Crippen molar-refractivity contribution < 1.29 is 19.4 Å². The van der Waals surface area contributed by atoms with Gasteiger partial charge in [-0.2, -0.15) is 5.10 Å². The van der Waals surface area contributed by atoms with Gasteiger partial charge in [-0.15, -0.1) is 0 Å². The number of hydrazone groups is 1. The Balaban J connectivity index is 1.88. The van der Waals surface area contributed by atoms with Crippen LogP contribution in [-0.2, 0) is 4.79 Å². The third-order valence-electron chi connectivity index (χ3n) is 3.57. The van der Waals surface area contributed by atoms with Crippen molar-refractivity contribution in [1.82, 2.24) is 5.43 Å². The number of aromatic hydroxyl groups is 1. The molecule has 0 radical (unpaired) electrons. The topological polar surface area (TPSA) is 80.2 Å². The number of hydrogen-bond donors (Lipinski definition) is 2. The maximum absolute atomic E-state index is 11.8. The van der Waals surface area contributed by atoms with E-state index in [1.165, 1.54) is 6.21 Å². The van der Waals surface area contributed by atoms with Crippen molar-refractivity contribution in [2.75, 3.05) is 13.2 Å². The van der Waals surface area contributed by atoms with Gasteiger partial charge < -0.3 is 14.6 Å². The maximum atomic E-state index is 11.8. The van der Waals surface area contributed by atoms with Crippen molar-refractivity contribution in [3.8, 4) is 17.2 Å². The van der Waals surface area contributed by atoms with Crippen LogP contribution in [0.25, 0.3) is 0 Å². The fourth-order valence-corrected chi connectivity index (χ4v) is 2.07. The summed E-state index contributed by atoms with van der Waals surface area (Å²) in [6, 6.07) is 10.7. The standard InChI is InChI=1S/C19H22N2O4/c1-4-24-17-7-5-6-15(19(17)23)11-20-21-18(22)12-25-16-9-8-13(2)14(3)10-16/h5-11,23H,4,12H2,1-3H3,(H,21,22). The van der Waals surface area contributed by atoms with Crippen LogP contribution in [0.15, 0.2) is 41.5 Å². The van der Waals surface area contributed by atoms with E-state index in [9.17, 15) is 9.90 Å². The zero-order chi connectivity index (χ0) is 18.2. The number of nitrogens with zero attached hydrogens (tertiary/aromatic N) is 1. The van der Waals surface area contributed by atoms with Crippen molar-refractivity contribution >= 4 is 12.1 Å². The van der Waals surface area contributed by atoms with Gasteiger partial charge in [0.25, 0.3) is 5.91 Å². The predicted molar refractivity (Wildman–Crippen MR) is 96.4 cm³/mol. The van der Waals surface area contributed by atoms with Gasteiger partial charge in [0.1, 0.15) is 5.75 Å². The monoisotopic (exact) mass is 342 g/mol. The summed E-state index contributed by atoms with van der Waals surface area (Å²) in [5, 5.41) is 13.9. The lowest BCUT2D eigenvalue weighted by atomic mass is 10.1. The molecule has 0 aliphatic carbocycles. The fraction of sp³-hybridized carbons (Fsp3) is 0.263. The van der Waals surface area contributed by atoms with Crippen molar-refractivity contribution in [2.45, 2.75) is 20.8 Å². The molecule has 0 aliphatic rings. The number of benzene rings is 2. The van der Waals surface area contributed by atoms with Crippen LogP contribution in [0.5, 0.6) is 17.2 Å². The largest absolute Gasteiger partial charge is 0.504 e. The van der Waals surface area contributed by atoms with Gasteiger partial charge in [-0.1, -0.05) is 12.1 Å². The van der Waals surface area contributed by atoms with E-state index in [0.717, 1.165) is 11.1 Å². The molecule has 0 saturated carbocycles. The fourth-order valence-electron chi connectivity index (χ4n) is 2.07. The van der Waals surface area contributed by atoms with Gasteiger partial charge in [-0.05, 0) is 56.2 Å². The van der Waals surface area contributed by atoms with Crippen LogP contribution in [0.3, 0.4) is 0 Å². The highest BCUT2D eigenvalue weighted by Crippen LogP contribution is 2.28. The Kier molecular flexibility index (Phi) is 6.39. The summed E-state index contributed by atoms with van der Waals surface area (Å²) in [5.41, 5.74) is 5.07. The van der Waals surface area contributed by atoms with E-state index < -0.39 is 5.91 Å². The summed E-state index contributed by atoms with van der Waals surface area (Å²) >= 11 is 0. The number of phenolic OH excluding ortho intramolecular Hbond substituents is 1. The highest BCUT2D eigenvalue weighted by atomic mass is 16.5. The number of carbonyl (C=O) groups excluding carboxylic acids is 1. The second-order valence-electron chi connectivity index (χ2n) is 5.45. The van der Waals surface area contributed by atoms with E-state index in [1.54, 1.807) is 18.2 Å². The summed E-state index contributed by atoms with van der Waals surface area (Å²) < 4.78 is 10.7. The van der Waals surface area contributed by atoms with Crippen LogP contribution in [0.4, 0.5) is 0 Å². The van der Waals surface area contributed by atoms with Gasteiger partial charge in [0.2, 0.25) is 0 Å². The summed E-state index contributed by atoms with van der Waals surface area (Å²) in [5.74, 6) is 0.587. The molecule has 2 aromatic carbocycles. The van der Waals surface area contributed by atoms with Crippen LogP contribution in [0.2, 0.25) is 0 Å². The molecule has 1 amide bonds. The molecule has 0 atom stereocenters. The van der Waals surface area contributed by atoms with Crippen LogP contribution in [0, 0.1) is 13.8 Å². The van der Waals surface area contributed by atoms with Crippen LogP contribution in [0.1, 0.15) is 23.6 Å². The van der Waals surface area contributed by atoms with E-state index >= 15 is 0 Å². The van der Waals surface area contributed by atoms with Gasteiger partial charge in [0, 0.05) is 5.56 Å². The number of rotatable bonds is 7. The van der Waals surface area contributed by atoms with E-state index in [1.807, 2.05) is 39.0 Å². The number of hydrogen-bond acceptors (Lipinski definition) is 5. The number of aryl methyl sites for hydroxylation is 2. The van der Waals surface area contributed by atoms with E-state index in [2.05, 4.69) is 10.5 Å². The molecular weight excluding hydrogens is 320 g/mol. The normalized spacial score (nSPS) is 10.7. The van der Waals surface area contributed by atoms with Crippen molar-refractivity contribution in [2.24, 2.45) is 5.10 Å². The Morgan fingerprint density at radius 3 is 2.72 bits per heavy atom. The summed E-state index contributed by atoms with van der Waals surface area (Å²) in [6.45, 7) is 6.12. The second-order valence-corrected chi connectivity index (χ2v) is 5.45. The van der Waals surface area contributed by atoms with Crippen LogP contribution in [-0.4, -0.2) is 30.4 Å². The molecule has 2 rings (SSSR count). The Hall–Kier alpha value is -3.02. The number of para-hydroxylation sites is 1. The van der Waals surface area contributed by atoms with E-state index in [-0.39, 0.29) is 12.4 Å². The van der Waals surface area contributed by atoms with Crippen LogP contribution < -0.4 is 14.9 Å². The zero-order valence-corrected chi connectivity index (χ0v) is 14.6. The molecule has 2 aromatic rings. The molecule has 0 saturated heterocycles. The Labute approximate surface area is 147 Å². The molecular formula is C19H22N2O4. The molecule has 0 bridgehead atoms. The molecule has 6 heteroatoms. The number of phenols is 1. The van der Waals surface area contributed by atoms with Crippen molar-refractivity contribution in [1.29, 1.82) is 0 Å². The zero-order valence-electron chi connectivity index (χ0n) is 14.6. The summed E-state index contributed by atoms with van der Waals surface area (Å²) in [6.07, 6.45) is 1.35. The summed E-state index contributed by atoms with van der Waals surface area (Å²) in [7, 11) is 0. The number of ether oxygens (including phenoxy) is 2. The van der Waals surface area contributed by atoms with Gasteiger partial charge >= 0.3 is 0 Å². The minimum Gasteiger partial charge on any atom is -0.504 e. The molecule has 25 heavy (non-hydrogen) atoms. The minimum absolute atomic E-state index is 0.0197. The van der Waals surface area contributed by atoms with E-state index in [4.69, 9.17) is 9.47 Å². The molecule has 0 fully saturated rings. The van der Waals surface area contributed by atoms with Gasteiger partial charge in [-0.3, -0.25) is 4.79 Å². The first-order valence-corrected chi connectivity index (χ1v) is 7.98. The van der Waals surface area contributed by atoms with Gasteiger partial charge in [-0.25, -0.2) is 5.43 Å². The van der Waals surface area contributed by atoms with Crippen molar-refractivity contribution in [3.05, 3.63) is 53.1 Å². The molecule has 0 spiro atoms. The second kappa shape index (κ2) is 8.73. The third kappa shape index (κ3) is 5.24. The smallest absolute Gasteiger partial charge is 0.277 e. The van der Waals surface area contributed by atoms with Gasteiger partial charge in [0.05, 0.1) is 12.8 Å². The highest BCUT2D eigenvalue weighted by molar-refractivity contribution is 5.86. The average molecular weight is 342 g/mol. The predicted octanol–water partition coefficient (Wildman–Crippen LogP) is 2.94. The first-order chi connectivity index (χ1) is 12.0. The third-order valence-corrected chi connectivity index (χ3v) is 3.57. The first kappa shape index (κ1) is 18.3. The number of nitrogens with one attached hydrogen (secondary N) is 1. The molecule has 132 valence electrons. The lowest BCUT2D eigenvalue weighted by Crippen LogP contribution is -2.24. The number of carbonyl (C=O) groups is 1. The average Bonchev–Trinajstić information content (AvgIpc) is 2.59. The Bertz CT molecular complexity index is 772. The molecule has 0 heterocycles. The lowest BCUT2D eigenvalue weighted by molar-refractivity contribution is -0.123. The first-order valence-electron chi connectivity index (χ1n) is 7.98. The van der Waals surface area contributed by atoms with Crippen molar-refractivity contribution in [3.63, 3.8) is 0 Å². The van der Waals surface area contributed by atoms with Gasteiger partial charge in [0.15, 0.2) is 18.1 Å². The SMILES string of the molecule is CCOc1cccc(C=NNC(=O)COc2ccc(C)c(C)c2)c1O. The lowest BCUT2D eigenvalue weighted by Gasteiger charge is -2.08. The maximum Gasteiger partial charge on any atom is 0.277 e. The number of amides is 1. The molecule has 0 aliphatic heterocycles. The molecule has 2 N–H and O–H groups in total. The molecule has 0 aromatic heterocycles. The van der Waals surface area contributed by atoms with E-state index in [0.29, 0.717) is 23.7 Å². The quantitative estimate of drug-likeness (QED) is 0.599. The molecule has 0 unspecified atom stereocenters. The Morgan fingerprint density at radius 2 is 2.00 bits per heavy atom. The Morgan fingerprint density at radius 1 is 1.20 bits per heavy atom. The molecule has 6 nitrogen and oxygen atoms in total. The minimum atomic E-state index is -0.394.